The quantitative estimate of drug-likeness (QED) is 0.683. The molecule has 2 aromatic carbocycles. The molecule has 0 radical (unpaired) electrons. The molecule has 8 nitrogen and oxygen atoms in total. The van der Waals surface area contributed by atoms with Gasteiger partial charge in [-0.25, -0.2) is 13.1 Å². The van der Waals surface area contributed by atoms with Crippen molar-refractivity contribution in [2.75, 3.05) is 40.0 Å². The standard InChI is InChI=1S/C21H26N2O6S/c1-3-29-17-6-4-16(5-7-17)15-22-30(25,26)18-8-9-20(27-2)19(14-18)21(24)23-10-12-28-13-11-23/h4-9,14,22H,3,10-13,15H2,1-2H3. The number of methoxy groups -OCH3 is 1. The van der Waals surface area contributed by atoms with Gasteiger partial charge in [0.1, 0.15) is 11.5 Å². The van der Waals surface area contributed by atoms with Crippen LogP contribution in [0.5, 0.6) is 11.5 Å². The third-order valence-corrected chi connectivity index (χ3v) is 6.11. The first kappa shape index (κ1) is 22.1. The fraction of sp³-hybridized carbons (Fsp3) is 0.381. The number of sulfonamides is 1. The molecular weight excluding hydrogens is 408 g/mol. The predicted molar refractivity (Wildman–Crippen MR) is 111 cm³/mol. The Labute approximate surface area is 176 Å². The lowest BCUT2D eigenvalue weighted by molar-refractivity contribution is 0.0300. The Morgan fingerprint density at radius 2 is 1.83 bits per heavy atom. The fourth-order valence-electron chi connectivity index (χ4n) is 3.09. The van der Waals surface area contributed by atoms with Crippen LogP contribution in [0.15, 0.2) is 47.4 Å². The number of carbonyl (C=O) groups excluding carboxylic acids is 1. The summed E-state index contributed by atoms with van der Waals surface area (Å²) in [6.07, 6.45) is 0. The van der Waals surface area contributed by atoms with Crippen molar-refractivity contribution in [3.63, 3.8) is 0 Å². The van der Waals surface area contributed by atoms with Gasteiger partial charge in [0.05, 0.1) is 37.4 Å². The fourth-order valence-corrected chi connectivity index (χ4v) is 4.13. The zero-order valence-electron chi connectivity index (χ0n) is 17.1. The van der Waals surface area contributed by atoms with E-state index in [-0.39, 0.29) is 22.9 Å². The van der Waals surface area contributed by atoms with Crippen LogP contribution in [0.4, 0.5) is 0 Å². The molecule has 2 aromatic rings. The third kappa shape index (κ3) is 5.29. The summed E-state index contributed by atoms with van der Waals surface area (Å²) in [6, 6.07) is 11.5. The van der Waals surface area contributed by atoms with Crippen LogP contribution in [0.2, 0.25) is 0 Å². The van der Waals surface area contributed by atoms with Crippen LogP contribution in [0.1, 0.15) is 22.8 Å². The normalized spacial score (nSPS) is 14.4. The van der Waals surface area contributed by atoms with E-state index in [1.807, 2.05) is 6.92 Å². The molecule has 0 bridgehead atoms. The maximum absolute atomic E-state index is 12.9. The summed E-state index contributed by atoms with van der Waals surface area (Å²) >= 11 is 0. The van der Waals surface area contributed by atoms with Crippen molar-refractivity contribution < 1.29 is 27.4 Å². The number of carbonyl (C=O) groups is 1. The maximum Gasteiger partial charge on any atom is 0.257 e. The Morgan fingerprint density at radius 3 is 2.47 bits per heavy atom. The number of ether oxygens (including phenoxy) is 3. The third-order valence-electron chi connectivity index (χ3n) is 4.71. The first-order valence-corrected chi connectivity index (χ1v) is 11.2. The summed E-state index contributed by atoms with van der Waals surface area (Å²) < 4.78 is 44.1. The molecule has 0 aliphatic carbocycles. The van der Waals surface area contributed by atoms with Gasteiger partial charge < -0.3 is 19.1 Å². The second-order valence-electron chi connectivity index (χ2n) is 6.67. The Hall–Kier alpha value is -2.62. The van der Waals surface area contributed by atoms with Crippen LogP contribution in [0, 0.1) is 0 Å². The average Bonchev–Trinajstić information content (AvgIpc) is 2.78. The summed E-state index contributed by atoms with van der Waals surface area (Å²) in [6.45, 7) is 4.40. The van der Waals surface area contributed by atoms with Gasteiger partial charge in [0.15, 0.2) is 0 Å². The van der Waals surface area contributed by atoms with E-state index >= 15 is 0 Å². The lowest BCUT2D eigenvalue weighted by atomic mass is 10.1. The van der Waals surface area contributed by atoms with E-state index in [0.717, 1.165) is 11.3 Å². The van der Waals surface area contributed by atoms with Gasteiger partial charge >= 0.3 is 0 Å². The predicted octanol–water partition coefficient (Wildman–Crippen LogP) is 2.04. The minimum atomic E-state index is -3.82. The van der Waals surface area contributed by atoms with E-state index in [4.69, 9.17) is 14.2 Å². The van der Waals surface area contributed by atoms with Crippen LogP contribution in [-0.2, 0) is 21.3 Å². The molecule has 1 fully saturated rings. The summed E-state index contributed by atoms with van der Waals surface area (Å²) in [5.74, 6) is 0.779. The summed E-state index contributed by atoms with van der Waals surface area (Å²) in [4.78, 5) is 14.5. The van der Waals surface area contributed by atoms with E-state index < -0.39 is 10.0 Å². The lowest BCUT2D eigenvalue weighted by Gasteiger charge is -2.27. The average molecular weight is 435 g/mol. The summed E-state index contributed by atoms with van der Waals surface area (Å²) in [5, 5.41) is 0. The molecule has 1 aliphatic rings. The second-order valence-corrected chi connectivity index (χ2v) is 8.44. The van der Waals surface area contributed by atoms with E-state index in [9.17, 15) is 13.2 Å². The van der Waals surface area contributed by atoms with Gasteiger partial charge in [-0.3, -0.25) is 4.79 Å². The molecule has 1 amide bonds. The Balaban J connectivity index is 1.77. The number of morpholine rings is 1. The second kappa shape index (κ2) is 9.92. The summed E-state index contributed by atoms with van der Waals surface area (Å²) in [7, 11) is -2.37. The molecule has 1 saturated heterocycles. The van der Waals surface area contributed by atoms with Gasteiger partial charge in [0.25, 0.3) is 5.91 Å². The van der Waals surface area contributed by atoms with E-state index in [0.29, 0.717) is 38.7 Å². The molecule has 9 heteroatoms. The van der Waals surface area contributed by atoms with Crippen LogP contribution < -0.4 is 14.2 Å². The van der Waals surface area contributed by atoms with Crippen molar-refractivity contribution in [3.8, 4) is 11.5 Å². The van der Waals surface area contributed by atoms with Crippen molar-refractivity contribution in [3.05, 3.63) is 53.6 Å². The highest BCUT2D eigenvalue weighted by Crippen LogP contribution is 2.24. The Kier molecular flexibility index (Phi) is 7.30. The minimum Gasteiger partial charge on any atom is -0.496 e. The highest BCUT2D eigenvalue weighted by atomic mass is 32.2. The van der Waals surface area contributed by atoms with Gasteiger partial charge in [0, 0.05) is 19.6 Å². The molecular formula is C21H26N2O6S. The molecule has 1 heterocycles. The topological polar surface area (TPSA) is 94.2 Å². The van der Waals surface area contributed by atoms with Gasteiger partial charge in [-0.2, -0.15) is 0 Å². The van der Waals surface area contributed by atoms with Crippen molar-refractivity contribution in [2.24, 2.45) is 0 Å². The van der Waals surface area contributed by atoms with Crippen LogP contribution in [0.25, 0.3) is 0 Å². The first-order chi connectivity index (χ1) is 14.4. The zero-order chi connectivity index (χ0) is 21.6. The van der Waals surface area contributed by atoms with Crippen molar-refractivity contribution in [1.29, 1.82) is 0 Å². The molecule has 162 valence electrons. The molecule has 0 unspecified atom stereocenters. The number of nitrogens with zero attached hydrogens (tertiary/aromatic N) is 1. The maximum atomic E-state index is 12.9. The van der Waals surface area contributed by atoms with Crippen LogP contribution in [0.3, 0.4) is 0 Å². The molecule has 3 rings (SSSR count). The SMILES string of the molecule is CCOc1ccc(CNS(=O)(=O)c2ccc(OC)c(C(=O)N3CCOCC3)c2)cc1. The highest BCUT2D eigenvalue weighted by molar-refractivity contribution is 7.89. The van der Waals surface area contributed by atoms with Gasteiger partial charge in [0.2, 0.25) is 10.0 Å². The number of nitrogens with one attached hydrogen (secondary N) is 1. The molecule has 1 N–H and O–H groups in total. The number of hydrogen-bond acceptors (Lipinski definition) is 6. The minimum absolute atomic E-state index is 0.00541. The van der Waals surface area contributed by atoms with Crippen LogP contribution in [-0.4, -0.2) is 59.2 Å². The number of amides is 1. The molecule has 0 atom stereocenters. The lowest BCUT2D eigenvalue weighted by Crippen LogP contribution is -2.40. The monoisotopic (exact) mass is 434 g/mol. The van der Waals surface area contributed by atoms with Crippen molar-refractivity contribution in [1.82, 2.24) is 9.62 Å². The molecule has 0 aromatic heterocycles. The molecule has 0 saturated carbocycles. The van der Waals surface area contributed by atoms with Gasteiger partial charge in [-0.15, -0.1) is 0 Å². The summed E-state index contributed by atoms with van der Waals surface area (Å²) in [5.41, 5.74) is 1.00. The van der Waals surface area contributed by atoms with Gasteiger partial charge in [-0.05, 0) is 42.8 Å². The first-order valence-electron chi connectivity index (χ1n) is 9.71. The van der Waals surface area contributed by atoms with Crippen LogP contribution >= 0.6 is 0 Å². The number of rotatable bonds is 8. The van der Waals surface area contributed by atoms with E-state index in [1.54, 1.807) is 29.2 Å². The molecule has 1 aliphatic heterocycles. The van der Waals surface area contributed by atoms with E-state index in [2.05, 4.69) is 4.72 Å². The van der Waals surface area contributed by atoms with Gasteiger partial charge in [-0.1, -0.05) is 12.1 Å². The Morgan fingerprint density at radius 1 is 1.13 bits per heavy atom. The smallest absolute Gasteiger partial charge is 0.257 e. The molecule has 0 spiro atoms. The van der Waals surface area contributed by atoms with E-state index in [1.165, 1.54) is 25.3 Å². The van der Waals surface area contributed by atoms with Crippen molar-refractivity contribution >= 4 is 15.9 Å². The highest BCUT2D eigenvalue weighted by Gasteiger charge is 2.24. The van der Waals surface area contributed by atoms with Crippen molar-refractivity contribution in [2.45, 2.75) is 18.4 Å². The molecule has 30 heavy (non-hydrogen) atoms. The number of benzene rings is 2. The zero-order valence-corrected chi connectivity index (χ0v) is 17.9. The Bertz CT molecular complexity index is 969. The largest absolute Gasteiger partial charge is 0.496 e. The number of hydrogen-bond donors (Lipinski definition) is 1.